The molecule has 0 atom stereocenters. The Morgan fingerprint density at radius 3 is 2.50 bits per heavy atom. The van der Waals surface area contributed by atoms with Gasteiger partial charge in [-0.15, -0.1) is 0 Å². The minimum atomic E-state index is -0.488. The van der Waals surface area contributed by atoms with Crippen molar-refractivity contribution < 1.29 is 9.53 Å². The van der Waals surface area contributed by atoms with Crippen molar-refractivity contribution in [1.82, 2.24) is 0 Å². The van der Waals surface area contributed by atoms with Gasteiger partial charge in [0.25, 0.3) is 0 Å². The van der Waals surface area contributed by atoms with Gasteiger partial charge in [-0.05, 0) is 6.58 Å². The fourth-order valence-electron chi connectivity index (χ4n) is 0.200. The Morgan fingerprint density at radius 2 is 2.38 bits per heavy atom. The van der Waals surface area contributed by atoms with Crippen molar-refractivity contribution in [1.29, 1.82) is 0 Å². The number of esters is 1. The highest BCUT2D eigenvalue weighted by Gasteiger charge is 1.91. The van der Waals surface area contributed by atoms with Gasteiger partial charge >= 0.3 is 5.97 Å². The molecule has 0 aromatic heterocycles. The quantitative estimate of drug-likeness (QED) is 0.213. The van der Waals surface area contributed by atoms with Gasteiger partial charge in [0.2, 0.25) is 0 Å². The fourth-order valence-corrected chi connectivity index (χ4v) is 0.402. The molecule has 0 aromatic rings. The molecule has 0 saturated heterocycles. The van der Waals surface area contributed by atoms with E-state index >= 15 is 0 Å². The Balaban J connectivity index is 3.55. The highest BCUT2D eigenvalue weighted by molar-refractivity contribution is 6.20. The summed E-state index contributed by atoms with van der Waals surface area (Å²) in [7, 11) is 0.575. The van der Waals surface area contributed by atoms with Crippen molar-refractivity contribution in [3.8, 4) is 0 Å². The predicted octanol–water partition coefficient (Wildman–Crippen LogP) is -0.645. The van der Waals surface area contributed by atoms with Crippen LogP contribution in [-0.2, 0) is 9.53 Å². The van der Waals surface area contributed by atoms with Crippen LogP contribution in [-0.4, -0.2) is 16.2 Å². The summed E-state index contributed by atoms with van der Waals surface area (Å²) in [6.45, 7) is 8.24. The van der Waals surface area contributed by atoms with E-state index in [0.717, 1.165) is 6.08 Å². The first-order valence-corrected chi connectivity index (χ1v) is 3.10. The number of carbonyl (C=O) groups is 1. The fraction of sp³-hybridized carbons (Fsp3) is 0. The third-order valence-corrected chi connectivity index (χ3v) is 0.632. The molecule has 0 spiro atoms. The molecule has 0 aliphatic rings. The molecule has 0 bridgehead atoms. The largest absolute Gasteiger partial charge is 0.434 e. The zero-order valence-corrected chi connectivity index (χ0v) is 6.68. The maximum atomic E-state index is 10.2. The monoisotopic (exact) mass is 127 g/mol. The summed E-state index contributed by atoms with van der Waals surface area (Å²) >= 11 is 0. The van der Waals surface area contributed by atoms with E-state index in [4.69, 9.17) is 6.58 Å². The van der Waals surface area contributed by atoms with Gasteiger partial charge in [-0.1, -0.05) is 6.58 Å². The Kier molecular flexibility index (Phi) is 2.87. The van der Waals surface area contributed by atoms with Crippen LogP contribution >= 0.6 is 0 Å². The van der Waals surface area contributed by atoms with E-state index in [1.807, 2.05) is 0 Å². The zero-order valence-electron chi connectivity index (χ0n) is 4.68. The van der Waals surface area contributed by atoms with Gasteiger partial charge in [0.1, 0.15) is 0 Å². The Hall–Kier alpha value is -0.833. The van der Waals surface area contributed by atoms with Gasteiger partial charge in [-0.25, -0.2) is 4.79 Å². The summed E-state index contributed by atoms with van der Waals surface area (Å²) in [6.07, 6.45) is 1.07. The maximum Gasteiger partial charge on any atom is 0.334 e. The van der Waals surface area contributed by atoms with Crippen LogP contribution < -0.4 is 0 Å². The first-order valence-electron chi connectivity index (χ1n) is 2.10. The van der Waals surface area contributed by atoms with Crippen LogP contribution in [0.4, 0.5) is 0 Å². The van der Waals surface area contributed by atoms with E-state index < -0.39 is 5.97 Å². The SMILES string of the molecule is [CH]=C([SiH3])OC(=O)C=C. The lowest BCUT2D eigenvalue weighted by Gasteiger charge is -1.94. The maximum absolute atomic E-state index is 10.2. The average Bonchev–Trinajstić information content (AvgIpc) is 1.65. The van der Waals surface area contributed by atoms with Crippen LogP contribution in [0.5, 0.6) is 0 Å². The van der Waals surface area contributed by atoms with Crippen LogP contribution in [0, 0.1) is 6.58 Å². The molecule has 0 aliphatic heterocycles. The number of rotatable bonds is 2. The Bertz CT molecular complexity index is 128. The number of hydrogen-bond donors (Lipinski definition) is 0. The van der Waals surface area contributed by atoms with Gasteiger partial charge in [0.15, 0.2) is 0 Å². The van der Waals surface area contributed by atoms with Crippen LogP contribution in [0.1, 0.15) is 0 Å². The molecule has 0 rings (SSSR count). The lowest BCUT2D eigenvalue weighted by Crippen LogP contribution is -1.98. The van der Waals surface area contributed by atoms with Gasteiger partial charge in [0, 0.05) is 6.08 Å². The molecule has 3 heteroatoms. The summed E-state index contributed by atoms with van der Waals surface area (Å²) < 4.78 is 4.40. The molecule has 8 heavy (non-hydrogen) atoms. The number of hydrogen-bond acceptors (Lipinski definition) is 2. The van der Waals surface area contributed by atoms with Crippen LogP contribution in [0.3, 0.4) is 0 Å². The second-order valence-electron chi connectivity index (χ2n) is 1.24. The van der Waals surface area contributed by atoms with Gasteiger partial charge in [0.05, 0.1) is 15.6 Å². The molecule has 0 fully saturated rings. The third kappa shape index (κ3) is 3.36. The highest BCUT2D eigenvalue weighted by Crippen LogP contribution is 1.85. The standard InChI is InChI=1S/C5H7O2Si/c1-3-5(6)7-4(2)8/h2-3H,1H2,8H3. The van der Waals surface area contributed by atoms with Crippen molar-refractivity contribution in [2.75, 3.05) is 0 Å². The molecule has 0 aromatic carbocycles. The third-order valence-electron chi connectivity index (χ3n) is 0.428. The van der Waals surface area contributed by atoms with E-state index in [1.165, 1.54) is 0 Å². The van der Waals surface area contributed by atoms with E-state index in [0.29, 0.717) is 10.2 Å². The minimum absolute atomic E-state index is 0.273. The van der Waals surface area contributed by atoms with E-state index in [1.54, 1.807) is 0 Å². The van der Waals surface area contributed by atoms with E-state index in [-0.39, 0.29) is 5.38 Å². The zero-order chi connectivity index (χ0) is 6.57. The molecule has 0 saturated carbocycles. The average molecular weight is 127 g/mol. The van der Waals surface area contributed by atoms with Crippen molar-refractivity contribution in [2.45, 2.75) is 0 Å². The molecule has 0 unspecified atom stereocenters. The van der Waals surface area contributed by atoms with Gasteiger partial charge in [-0.3, -0.25) is 0 Å². The summed E-state index contributed by atoms with van der Waals surface area (Å²) in [6, 6.07) is 0. The minimum Gasteiger partial charge on any atom is -0.434 e. The highest BCUT2D eigenvalue weighted by atomic mass is 28.1. The molecule has 0 aliphatic carbocycles. The first-order chi connectivity index (χ1) is 3.66. The van der Waals surface area contributed by atoms with Crippen LogP contribution in [0.2, 0.25) is 0 Å². The number of carbonyl (C=O) groups excluding carboxylic acids is 1. The molecule has 0 N–H and O–H groups in total. The number of ether oxygens (including phenoxy) is 1. The van der Waals surface area contributed by atoms with Crippen LogP contribution in [0.15, 0.2) is 18.0 Å². The lowest BCUT2D eigenvalue weighted by molar-refractivity contribution is -0.132. The lowest BCUT2D eigenvalue weighted by atomic mass is 10.7. The Labute approximate surface area is 51.3 Å². The molecular weight excluding hydrogens is 120 g/mol. The molecule has 0 amide bonds. The molecule has 43 valence electrons. The van der Waals surface area contributed by atoms with Crippen molar-refractivity contribution in [2.24, 2.45) is 0 Å². The summed E-state index contributed by atoms with van der Waals surface area (Å²) in [4.78, 5) is 10.2. The second-order valence-corrected chi connectivity index (χ2v) is 2.22. The van der Waals surface area contributed by atoms with Gasteiger partial charge in [-0.2, -0.15) is 0 Å². The summed E-state index contributed by atoms with van der Waals surface area (Å²) in [5.74, 6) is -0.488. The topological polar surface area (TPSA) is 26.3 Å². The van der Waals surface area contributed by atoms with Gasteiger partial charge < -0.3 is 4.74 Å². The molecule has 0 heterocycles. The smallest absolute Gasteiger partial charge is 0.334 e. The van der Waals surface area contributed by atoms with E-state index in [9.17, 15) is 4.79 Å². The molecular formula is C5H7O2Si. The van der Waals surface area contributed by atoms with Crippen molar-refractivity contribution >= 4 is 16.2 Å². The second kappa shape index (κ2) is 3.21. The van der Waals surface area contributed by atoms with E-state index in [2.05, 4.69) is 11.3 Å². The molecule has 1 radical (unpaired) electrons. The first kappa shape index (κ1) is 7.17. The van der Waals surface area contributed by atoms with Crippen molar-refractivity contribution in [3.05, 3.63) is 24.6 Å². The predicted molar refractivity (Wildman–Crippen MR) is 34.0 cm³/mol. The summed E-state index contributed by atoms with van der Waals surface area (Å²) in [5.41, 5.74) is 0. The molecule has 2 nitrogen and oxygen atoms in total. The Morgan fingerprint density at radius 1 is 1.88 bits per heavy atom. The van der Waals surface area contributed by atoms with Crippen molar-refractivity contribution in [3.63, 3.8) is 0 Å². The van der Waals surface area contributed by atoms with Crippen LogP contribution in [0.25, 0.3) is 0 Å². The summed E-state index contributed by atoms with van der Waals surface area (Å²) in [5, 5.41) is 0.273. The normalized spacial score (nSPS) is 8.00.